The van der Waals surface area contributed by atoms with Gasteiger partial charge in [-0.05, 0) is 46.8 Å². The molecule has 3 aliphatic rings. The lowest BCUT2D eigenvalue weighted by Crippen LogP contribution is -2.44. The minimum atomic E-state index is -0.917. The molecule has 38 heavy (non-hydrogen) atoms. The third-order valence-corrected chi connectivity index (χ3v) is 7.94. The highest BCUT2D eigenvalue weighted by atomic mass is 16.5. The number of benzene rings is 4. The number of ketones is 1. The van der Waals surface area contributed by atoms with Crippen LogP contribution in [0.2, 0.25) is 0 Å². The van der Waals surface area contributed by atoms with Gasteiger partial charge in [0.25, 0.3) is 0 Å². The summed E-state index contributed by atoms with van der Waals surface area (Å²) in [5, 5.41) is 8.06. The molecule has 4 atom stereocenters. The van der Waals surface area contributed by atoms with Crippen molar-refractivity contribution >= 4 is 40.3 Å². The smallest absolute Gasteiger partial charge is 0.240 e. The zero-order valence-corrected chi connectivity index (χ0v) is 20.5. The zero-order chi connectivity index (χ0) is 26.0. The summed E-state index contributed by atoms with van der Waals surface area (Å²) < 4.78 is 5.25. The minimum absolute atomic E-state index is 0.248. The summed E-state index contributed by atoms with van der Waals surface area (Å²) in [5.41, 5.74) is 2.76. The molecule has 0 radical (unpaired) electrons. The Labute approximate surface area is 218 Å². The van der Waals surface area contributed by atoms with Crippen molar-refractivity contribution in [3.05, 3.63) is 108 Å². The number of amides is 2. The highest BCUT2D eigenvalue weighted by Gasteiger charge is 2.65. The molecule has 7 rings (SSSR count). The molecule has 0 N–H and O–H groups in total. The first kappa shape index (κ1) is 22.4. The average molecular weight is 502 g/mol. The van der Waals surface area contributed by atoms with E-state index in [4.69, 9.17) is 4.74 Å². The number of nitrogens with zero attached hydrogens (tertiary/aromatic N) is 3. The molecule has 0 saturated carbocycles. The molecule has 0 spiro atoms. The van der Waals surface area contributed by atoms with Gasteiger partial charge < -0.3 is 4.74 Å². The Bertz CT molecular complexity index is 1660. The lowest BCUT2D eigenvalue weighted by Gasteiger charge is -2.34. The Morgan fingerprint density at radius 1 is 0.816 bits per heavy atom. The molecule has 4 unspecified atom stereocenters. The van der Waals surface area contributed by atoms with E-state index >= 15 is 0 Å². The molecule has 0 bridgehead atoms. The van der Waals surface area contributed by atoms with Crippen LogP contribution in [0.15, 0.2) is 96.1 Å². The van der Waals surface area contributed by atoms with Gasteiger partial charge in [0, 0.05) is 10.9 Å². The van der Waals surface area contributed by atoms with Crippen molar-refractivity contribution in [2.24, 2.45) is 16.9 Å². The maximum absolute atomic E-state index is 14.2. The fraction of sp³-hybridized carbons (Fsp3) is 0.161. The van der Waals surface area contributed by atoms with Gasteiger partial charge in [0.05, 0.1) is 36.9 Å². The van der Waals surface area contributed by atoms with E-state index in [0.29, 0.717) is 17.0 Å². The van der Waals surface area contributed by atoms with E-state index < -0.39 is 23.9 Å². The molecule has 2 fully saturated rings. The Kier molecular flexibility index (Phi) is 4.94. The molecule has 3 heterocycles. The molecule has 4 aromatic carbocycles. The molecule has 3 aliphatic heterocycles. The highest BCUT2D eigenvalue weighted by molar-refractivity contribution is 6.27. The molecule has 4 aromatic rings. The molecule has 0 aromatic heterocycles. The normalized spacial score (nSPS) is 23.4. The number of hydrogen-bond donors (Lipinski definition) is 0. The number of ether oxygens (including phenoxy) is 1. The van der Waals surface area contributed by atoms with Gasteiger partial charge >= 0.3 is 0 Å². The quantitative estimate of drug-likeness (QED) is 0.301. The summed E-state index contributed by atoms with van der Waals surface area (Å²) >= 11 is 0. The van der Waals surface area contributed by atoms with Crippen molar-refractivity contribution in [2.45, 2.75) is 12.1 Å². The van der Waals surface area contributed by atoms with Crippen molar-refractivity contribution in [2.75, 3.05) is 12.0 Å². The first-order valence-corrected chi connectivity index (χ1v) is 12.5. The van der Waals surface area contributed by atoms with Crippen LogP contribution in [0.5, 0.6) is 5.75 Å². The molecular formula is C31H23N3O4. The molecule has 0 aliphatic carbocycles. The predicted molar refractivity (Wildman–Crippen MR) is 143 cm³/mol. The second kappa shape index (κ2) is 8.38. The number of methoxy groups -OCH3 is 1. The van der Waals surface area contributed by atoms with E-state index in [1.165, 1.54) is 4.90 Å². The van der Waals surface area contributed by atoms with Crippen LogP contribution in [0.4, 0.5) is 5.69 Å². The standard InChI is InChI=1S/C31H23N3O4/c1-38-21-15-13-19(14-16-21)29(35)28-26-25(27-23-11-5-3-8-20(23)17-32-34(27)28)30(36)33(31(26)37)24-12-6-9-18-7-2-4-10-22(18)24/h2-17,25-28H,1H3. The first-order chi connectivity index (χ1) is 18.6. The number of rotatable bonds is 4. The van der Waals surface area contributed by atoms with E-state index in [-0.39, 0.29) is 17.6 Å². The van der Waals surface area contributed by atoms with Crippen LogP contribution in [-0.2, 0) is 9.59 Å². The fourth-order valence-electron chi connectivity index (χ4n) is 6.24. The first-order valence-electron chi connectivity index (χ1n) is 12.5. The van der Waals surface area contributed by atoms with Gasteiger partial charge in [0.15, 0.2) is 5.78 Å². The predicted octanol–water partition coefficient (Wildman–Crippen LogP) is 4.61. The van der Waals surface area contributed by atoms with Gasteiger partial charge in [0.1, 0.15) is 11.8 Å². The number of imide groups is 1. The molecular weight excluding hydrogens is 478 g/mol. The summed E-state index contributed by atoms with van der Waals surface area (Å²) in [6.45, 7) is 0. The van der Waals surface area contributed by atoms with E-state index in [2.05, 4.69) is 5.10 Å². The number of fused-ring (bicyclic) bond motifs is 6. The van der Waals surface area contributed by atoms with Gasteiger partial charge in [-0.15, -0.1) is 0 Å². The average Bonchev–Trinajstić information content (AvgIpc) is 3.44. The number of carbonyl (C=O) groups is 3. The van der Waals surface area contributed by atoms with Crippen LogP contribution >= 0.6 is 0 Å². The lowest BCUT2D eigenvalue weighted by atomic mass is 9.83. The number of Topliss-reactive ketones (excluding diaryl/α,β-unsaturated/α-hetero) is 1. The molecule has 2 amide bonds. The largest absolute Gasteiger partial charge is 0.497 e. The van der Waals surface area contributed by atoms with Crippen LogP contribution in [0.3, 0.4) is 0 Å². The van der Waals surface area contributed by atoms with Crippen LogP contribution < -0.4 is 9.64 Å². The van der Waals surface area contributed by atoms with Gasteiger partial charge in [-0.1, -0.05) is 60.7 Å². The summed E-state index contributed by atoms with van der Waals surface area (Å²) in [5.74, 6) is -1.91. The van der Waals surface area contributed by atoms with E-state index in [1.807, 2.05) is 60.7 Å². The second-order valence-corrected chi connectivity index (χ2v) is 9.80. The molecule has 2 saturated heterocycles. The maximum atomic E-state index is 14.2. The summed E-state index contributed by atoms with van der Waals surface area (Å²) in [6.07, 6.45) is 1.71. The third-order valence-electron chi connectivity index (χ3n) is 7.94. The van der Waals surface area contributed by atoms with E-state index in [0.717, 1.165) is 21.9 Å². The minimum Gasteiger partial charge on any atom is -0.497 e. The highest BCUT2D eigenvalue weighted by Crippen LogP contribution is 2.53. The van der Waals surface area contributed by atoms with E-state index in [1.54, 1.807) is 48.7 Å². The number of carbonyl (C=O) groups excluding carboxylic acids is 3. The molecule has 7 heteroatoms. The Morgan fingerprint density at radius 2 is 1.53 bits per heavy atom. The Morgan fingerprint density at radius 3 is 2.34 bits per heavy atom. The summed E-state index contributed by atoms with van der Waals surface area (Å²) in [7, 11) is 1.56. The van der Waals surface area contributed by atoms with Crippen LogP contribution in [0.1, 0.15) is 27.5 Å². The van der Waals surface area contributed by atoms with Crippen LogP contribution in [0, 0.1) is 11.8 Å². The summed E-state index contributed by atoms with van der Waals surface area (Å²) in [4.78, 5) is 43.7. The monoisotopic (exact) mass is 501 g/mol. The SMILES string of the molecule is COc1ccc(C(=O)C2C3C(=O)N(c4cccc5ccccc45)C(=O)C3C3c4ccccc4C=NN23)cc1. The van der Waals surface area contributed by atoms with Crippen LogP contribution in [-0.4, -0.2) is 42.0 Å². The number of hydrogen-bond acceptors (Lipinski definition) is 6. The topological polar surface area (TPSA) is 79.3 Å². The van der Waals surface area contributed by atoms with Crippen molar-refractivity contribution in [3.8, 4) is 5.75 Å². The molecule has 186 valence electrons. The lowest BCUT2D eigenvalue weighted by molar-refractivity contribution is -0.124. The van der Waals surface area contributed by atoms with Crippen molar-refractivity contribution < 1.29 is 19.1 Å². The van der Waals surface area contributed by atoms with Crippen molar-refractivity contribution in [1.82, 2.24) is 5.01 Å². The zero-order valence-electron chi connectivity index (χ0n) is 20.5. The van der Waals surface area contributed by atoms with Gasteiger partial charge in [0.2, 0.25) is 11.8 Å². The molecule has 7 nitrogen and oxygen atoms in total. The van der Waals surface area contributed by atoms with Crippen molar-refractivity contribution in [1.29, 1.82) is 0 Å². The Hall–Kier alpha value is -4.78. The third kappa shape index (κ3) is 3.08. The fourth-order valence-corrected chi connectivity index (χ4v) is 6.24. The Balaban J connectivity index is 1.38. The van der Waals surface area contributed by atoms with Gasteiger partial charge in [-0.2, -0.15) is 5.10 Å². The maximum Gasteiger partial charge on any atom is 0.240 e. The second-order valence-electron chi connectivity index (χ2n) is 9.80. The van der Waals surface area contributed by atoms with Gasteiger partial charge in [-0.25, -0.2) is 4.90 Å². The number of hydrazone groups is 1. The number of anilines is 1. The summed E-state index contributed by atoms with van der Waals surface area (Å²) in [6, 6.07) is 26.4. The van der Waals surface area contributed by atoms with Crippen molar-refractivity contribution in [3.63, 3.8) is 0 Å². The van der Waals surface area contributed by atoms with E-state index in [9.17, 15) is 14.4 Å². The van der Waals surface area contributed by atoms with Gasteiger partial charge in [-0.3, -0.25) is 19.4 Å². The van der Waals surface area contributed by atoms with Crippen LogP contribution in [0.25, 0.3) is 10.8 Å².